The van der Waals surface area contributed by atoms with Crippen LogP contribution in [0.5, 0.6) is 5.75 Å². The summed E-state index contributed by atoms with van der Waals surface area (Å²) in [6.45, 7) is 4.04. The number of carbonyl (C=O) groups is 1. The maximum atomic E-state index is 13.0. The number of carbonyl (C=O) groups excluding carboxylic acids is 1. The molecule has 0 aromatic heterocycles. The van der Waals surface area contributed by atoms with Crippen molar-refractivity contribution >= 4 is 5.91 Å². The van der Waals surface area contributed by atoms with Crippen molar-refractivity contribution in [3.63, 3.8) is 0 Å². The van der Waals surface area contributed by atoms with E-state index >= 15 is 0 Å². The third kappa shape index (κ3) is 4.76. The van der Waals surface area contributed by atoms with Gasteiger partial charge >= 0.3 is 0 Å². The van der Waals surface area contributed by atoms with Crippen LogP contribution in [-0.4, -0.2) is 75.3 Å². The molecule has 1 amide bonds. The quantitative estimate of drug-likeness (QED) is 0.289. The summed E-state index contributed by atoms with van der Waals surface area (Å²) in [6.07, 6.45) is 3.31. The number of hydrazine groups is 1. The summed E-state index contributed by atoms with van der Waals surface area (Å²) in [5.41, 5.74) is 7.93. The van der Waals surface area contributed by atoms with E-state index in [0.29, 0.717) is 12.6 Å². The summed E-state index contributed by atoms with van der Waals surface area (Å²) in [7, 11) is 2.15. The Bertz CT molecular complexity index is 789. The molecule has 3 fully saturated rings. The monoisotopic (exact) mass is 444 g/mol. The standard InChI is InChI=1S/C22H36N8O2/c1-30-20(28-29-21(30)16-7-8-23-13-26-16)11-25-19-10-14(6-9-24-19)22(31)27-17-12-32-18-5-3-2-4-15(17)18/h2-5,14,16-17,19-21,23-26,28-29H,6-13H2,1H3,(H,27,31)/t14?,16?,17-,19?,20?,21?/m1/s1. The Morgan fingerprint density at radius 1 is 1.19 bits per heavy atom. The molecule has 3 saturated heterocycles. The molecule has 1 aromatic carbocycles. The average molecular weight is 445 g/mol. The van der Waals surface area contributed by atoms with Crippen molar-refractivity contribution in [1.29, 1.82) is 0 Å². The largest absolute Gasteiger partial charge is 0.491 e. The van der Waals surface area contributed by atoms with Crippen LogP contribution < -0.4 is 42.2 Å². The van der Waals surface area contributed by atoms with E-state index in [4.69, 9.17) is 4.74 Å². The second-order valence-corrected chi connectivity index (χ2v) is 9.24. The van der Waals surface area contributed by atoms with Crippen molar-refractivity contribution in [2.45, 2.75) is 49.8 Å². The minimum Gasteiger partial charge on any atom is -0.491 e. The predicted molar refractivity (Wildman–Crippen MR) is 121 cm³/mol. The number of nitrogens with zero attached hydrogens (tertiary/aromatic N) is 1. The first kappa shape index (κ1) is 22.0. The predicted octanol–water partition coefficient (Wildman–Crippen LogP) is -1.25. The van der Waals surface area contributed by atoms with Crippen molar-refractivity contribution in [2.24, 2.45) is 5.92 Å². The second kappa shape index (κ2) is 10.0. The van der Waals surface area contributed by atoms with Crippen LogP contribution in [0.4, 0.5) is 0 Å². The van der Waals surface area contributed by atoms with Crippen molar-refractivity contribution < 1.29 is 9.53 Å². The maximum Gasteiger partial charge on any atom is 0.223 e. The highest BCUT2D eigenvalue weighted by atomic mass is 16.5. The van der Waals surface area contributed by atoms with Gasteiger partial charge in [0.1, 0.15) is 12.4 Å². The summed E-state index contributed by atoms with van der Waals surface area (Å²) in [6, 6.07) is 8.31. The van der Waals surface area contributed by atoms with Crippen molar-refractivity contribution in [2.75, 3.05) is 40.0 Å². The highest BCUT2D eigenvalue weighted by molar-refractivity contribution is 5.79. The van der Waals surface area contributed by atoms with Crippen LogP contribution in [-0.2, 0) is 4.79 Å². The molecule has 0 bridgehead atoms. The van der Waals surface area contributed by atoms with Gasteiger partial charge in [0.05, 0.1) is 24.5 Å². The Balaban J connectivity index is 1.09. The first-order valence-electron chi connectivity index (χ1n) is 11.8. The van der Waals surface area contributed by atoms with E-state index in [1.807, 2.05) is 24.3 Å². The number of hydrogen-bond donors (Lipinski definition) is 7. The molecule has 4 aliphatic heterocycles. The molecular weight excluding hydrogens is 408 g/mol. The molecule has 0 radical (unpaired) electrons. The van der Waals surface area contributed by atoms with Gasteiger partial charge in [-0.3, -0.25) is 20.3 Å². The van der Waals surface area contributed by atoms with Gasteiger partial charge in [0.2, 0.25) is 5.91 Å². The van der Waals surface area contributed by atoms with E-state index in [2.05, 4.69) is 49.4 Å². The molecule has 5 rings (SSSR count). The number of amides is 1. The van der Waals surface area contributed by atoms with Crippen LogP contribution in [0.2, 0.25) is 0 Å². The summed E-state index contributed by atoms with van der Waals surface area (Å²) >= 11 is 0. The van der Waals surface area contributed by atoms with Gasteiger partial charge in [0.15, 0.2) is 0 Å². The van der Waals surface area contributed by atoms with E-state index in [1.165, 1.54) is 0 Å². The Hall–Kier alpha value is -1.79. The Labute approximate surface area is 189 Å². The lowest BCUT2D eigenvalue weighted by Crippen LogP contribution is -2.58. The van der Waals surface area contributed by atoms with Crippen LogP contribution >= 0.6 is 0 Å². The van der Waals surface area contributed by atoms with Gasteiger partial charge in [-0.15, -0.1) is 0 Å². The summed E-state index contributed by atoms with van der Waals surface area (Å²) in [5, 5.41) is 17.2. The summed E-state index contributed by atoms with van der Waals surface area (Å²) in [4.78, 5) is 15.3. The fourth-order valence-corrected chi connectivity index (χ4v) is 5.22. The summed E-state index contributed by atoms with van der Waals surface area (Å²) < 4.78 is 5.71. The highest BCUT2D eigenvalue weighted by Crippen LogP contribution is 2.32. The molecule has 4 heterocycles. The summed E-state index contributed by atoms with van der Waals surface area (Å²) in [5.74, 6) is 1.00. The molecule has 10 nitrogen and oxygen atoms in total. The van der Waals surface area contributed by atoms with Crippen molar-refractivity contribution in [3.05, 3.63) is 29.8 Å². The number of fused-ring (bicyclic) bond motifs is 1. The van der Waals surface area contributed by atoms with Gasteiger partial charge in [-0.25, -0.2) is 10.9 Å². The maximum absolute atomic E-state index is 13.0. The van der Waals surface area contributed by atoms with E-state index in [1.54, 1.807) is 0 Å². The molecule has 1 aromatic rings. The number of piperidine rings is 1. The fourth-order valence-electron chi connectivity index (χ4n) is 5.22. The van der Waals surface area contributed by atoms with Crippen LogP contribution in [0.15, 0.2) is 24.3 Å². The smallest absolute Gasteiger partial charge is 0.223 e. The number of likely N-dealkylation sites (N-methyl/N-ethyl adjacent to an activating group) is 1. The minimum atomic E-state index is -0.0528. The lowest BCUT2D eigenvalue weighted by atomic mass is 9.94. The molecule has 0 spiro atoms. The van der Waals surface area contributed by atoms with E-state index in [9.17, 15) is 4.79 Å². The van der Waals surface area contributed by atoms with E-state index in [0.717, 1.165) is 56.9 Å². The Kier molecular flexibility index (Phi) is 6.88. The van der Waals surface area contributed by atoms with Crippen molar-refractivity contribution in [1.82, 2.24) is 42.3 Å². The van der Waals surface area contributed by atoms with Gasteiger partial charge in [0, 0.05) is 30.7 Å². The number of para-hydroxylation sites is 1. The Morgan fingerprint density at radius 3 is 2.97 bits per heavy atom. The minimum absolute atomic E-state index is 0.000548. The van der Waals surface area contributed by atoms with E-state index < -0.39 is 0 Å². The zero-order valence-corrected chi connectivity index (χ0v) is 18.7. The molecule has 10 heteroatoms. The molecule has 32 heavy (non-hydrogen) atoms. The molecular formula is C22H36N8O2. The van der Waals surface area contributed by atoms with Gasteiger partial charge in [-0.1, -0.05) is 18.2 Å². The van der Waals surface area contributed by atoms with Gasteiger partial charge < -0.3 is 20.7 Å². The second-order valence-electron chi connectivity index (χ2n) is 9.24. The first-order valence-corrected chi connectivity index (χ1v) is 11.8. The SMILES string of the molecule is CN1C(CNC2CC(C(=O)N[C@@H]3COc4ccccc43)CCN2)NNC1C1CCNCN1. The highest BCUT2D eigenvalue weighted by Gasteiger charge is 2.36. The van der Waals surface area contributed by atoms with Crippen molar-refractivity contribution in [3.8, 4) is 5.75 Å². The van der Waals surface area contributed by atoms with Gasteiger partial charge in [-0.05, 0) is 45.5 Å². The number of rotatable bonds is 6. The number of nitrogens with one attached hydrogen (secondary N) is 7. The number of hydrogen-bond acceptors (Lipinski definition) is 9. The molecule has 0 saturated carbocycles. The molecule has 5 unspecified atom stereocenters. The molecule has 176 valence electrons. The topological polar surface area (TPSA) is 114 Å². The fraction of sp³-hybridized carbons (Fsp3) is 0.682. The third-order valence-corrected chi connectivity index (χ3v) is 7.18. The average Bonchev–Trinajstić information content (AvgIpc) is 3.42. The Morgan fingerprint density at radius 2 is 2.09 bits per heavy atom. The number of ether oxygens (including phenoxy) is 1. The molecule has 6 atom stereocenters. The third-order valence-electron chi connectivity index (χ3n) is 7.18. The molecule has 4 aliphatic rings. The molecule has 7 N–H and O–H groups in total. The lowest BCUT2D eigenvalue weighted by molar-refractivity contribution is -0.127. The lowest BCUT2D eigenvalue weighted by Gasteiger charge is -2.35. The zero-order valence-electron chi connectivity index (χ0n) is 18.7. The normalized spacial score (nSPS) is 35.3. The first-order chi connectivity index (χ1) is 15.7. The number of benzene rings is 1. The van der Waals surface area contributed by atoms with Crippen LogP contribution in [0, 0.1) is 5.92 Å². The van der Waals surface area contributed by atoms with Crippen LogP contribution in [0.3, 0.4) is 0 Å². The molecule has 0 aliphatic carbocycles. The zero-order chi connectivity index (χ0) is 21.9. The van der Waals surface area contributed by atoms with Crippen LogP contribution in [0.1, 0.15) is 30.9 Å². The van der Waals surface area contributed by atoms with Gasteiger partial charge in [-0.2, -0.15) is 0 Å². The van der Waals surface area contributed by atoms with Gasteiger partial charge in [0.25, 0.3) is 0 Å². The van der Waals surface area contributed by atoms with Crippen LogP contribution in [0.25, 0.3) is 0 Å². The van der Waals surface area contributed by atoms with E-state index in [-0.39, 0.29) is 36.4 Å².